The molecular weight excluding hydrogens is 239 g/mol. The topological polar surface area (TPSA) is 55.8 Å². The van der Waals surface area contributed by atoms with E-state index in [4.69, 9.17) is 14.6 Å². The van der Waals surface area contributed by atoms with Gasteiger partial charge in [0.15, 0.2) is 11.5 Å². The van der Waals surface area contributed by atoms with Crippen molar-refractivity contribution in [3.05, 3.63) is 23.5 Å². The zero-order valence-corrected chi connectivity index (χ0v) is 10.9. The van der Waals surface area contributed by atoms with Crippen molar-refractivity contribution in [2.75, 3.05) is 14.2 Å². The average molecular weight is 256 g/mol. The molecular formula is C13H17FO4. The van der Waals surface area contributed by atoms with Gasteiger partial charge in [0.1, 0.15) is 5.82 Å². The van der Waals surface area contributed by atoms with Gasteiger partial charge < -0.3 is 14.6 Å². The molecule has 100 valence electrons. The number of aliphatic carboxylic acids is 1. The zero-order chi connectivity index (χ0) is 13.9. The van der Waals surface area contributed by atoms with Crippen molar-refractivity contribution in [2.45, 2.75) is 25.7 Å². The third kappa shape index (κ3) is 2.91. The van der Waals surface area contributed by atoms with Crippen LogP contribution in [0.2, 0.25) is 0 Å². The second-order valence-corrected chi connectivity index (χ2v) is 4.64. The van der Waals surface area contributed by atoms with Gasteiger partial charge in [-0.2, -0.15) is 0 Å². The Morgan fingerprint density at radius 3 is 2.39 bits per heavy atom. The van der Waals surface area contributed by atoms with Crippen LogP contribution in [0.3, 0.4) is 0 Å². The van der Waals surface area contributed by atoms with E-state index in [9.17, 15) is 9.18 Å². The first-order valence-corrected chi connectivity index (χ1v) is 5.45. The van der Waals surface area contributed by atoms with E-state index in [2.05, 4.69) is 0 Å². The molecule has 1 rings (SSSR count). The lowest BCUT2D eigenvalue weighted by Crippen LogP contribution is -2.23. The predicted octanol–water partition coefficient (Wildman–Crippen LogP) is 2.60. The lowest BCUT2D eigenvalue weighted by molar-refractivity contribution is -0.138. The average Bonchev–Trinajstić information content (AvgIpc) is 2.26. The van der Waals surface area contributed by atoms with Crippen LogP contribution in [0.5, 0.6) is 11.5 Å². The van der Waals surface area contributed by atoms with Crippen LogP contribution in [0.25, 0.3) is 0 Å². The monoisotopic (exact) mass is 256 g/mol. The van der Waals surface area contributed by atoms with Gasteiger partial charge in [-0.05, 0) is 6.07 Å². The second-order valence-electron chi connectivity index (χ2n) is 4.64. The van der Waals surface area contributed by atoms with Gasteiger partial charge in [-0.15, -0.1) is 0 Å². The van der Waals surface area contributed by atoms with Gasteiger partial charge in [-0.25, -0.2) is 4.39 Å². The Balaban J connectivity index is 3.38. The molecule has 0 bridgehead atoms. The lowest BCUT2D eigenvalue weighted by atomic mass is 9.81. The maximum atomic E-state index is 13.5. The Labute approximate surface area is 105 Å². The molecule has 0 unspecified atom stereocenters. The van der Waals surface area contributed by atoms with Gasteiger partial charge in [-0.1, -0.05) is 13.8 Å². The summed E-state index contributed by atoms with van der Waals surface area (Å²) in [6.45, 7) is 3.44. The molecule has 0 aliphatic rings. The van der Waals surface area contributed by atoms with Crippen molar-refractivity contribution in [1.29, 1.82) is 0 Å². The third-order valence-electron chi connectivity index (χ3n) is 2.77. The number of halogens is 1. The van der Waals surface area contributed by atoms with Crippen LogP contribution < -0.4 is 9.47 Å². The molecule has 4 nitrogen and oxygen atoms in total. The molecule has 0 spiro atoms. The number of rotatable bonds is 5. The van der Waals surface area contributed by atoms with Gasteiger partial charge in [0, 0.05) is 17.0 Å². The minimum absolute atomic E-state index is 0.129. The van der Waals surface area contributed by atoms with E-state index in [1.165, 1.54) is 26.4 Å². The first-order chi connectivity index (χ1) is 8.31. The summed E-state index contributed by atoms with van der Waals surface area (Å²) in [5.41, 5.74) is -0.281. The van der Waals surface area contributed by atoms with E-state index in [1.54, 1.807) is 13.8 Å². The highest BCUT2D eigenvalue weighted by Crippen LogP contribution is 2.40. The summed E-state index contributed by atoms with van der Waals surface area (Å²) >= 11 is 0. The molecule has 1 aromatic carbocycles. The number of benzene rings is 1. The fourth-order valence-corrected chi connectivity index (χ4v) is 1.91. The molecule has 1 aromatic rings. The van der Waals surface area contributed by atoms with Crippen LogP contribution in [-0.4, -0.2) is 25.3 Å². The van der Waals surface area contributed by atoms with E-state index in [-0.39, 0.29) is 12.2 Å². The van der Waals surface area contributed by atoms with Crippen LogP contribution >= 0.6 is 0 Å². The van der Waals surface area contributed by atoms with Crippen LogP contribution in [0.15, 0.2) is 12.1 Å². The van der Waals surface area contributed by atoms with Crippen molar-refractivity contribution in [3.63, 3.8) is 0 Å². The van der Waals surface area contributed by atoms with Crippen molar-refractivity contribution in [3.8, 4) is 11.5 Å². The zero-order valence-electron chi connectivity index (χ0n) is 10.9. The molecule has 0 heterocycles. The molecule has 0 saturated carbocycles. The molecule has 0 atom stereocenters. The molecule has 0 amide bonds. The van der Waals surface area contributed by atoms with Crippen LogP contribution in [0.4, 0.5) is 4.39 Å². The van der Waals surface area contributed by atoms with E-state index < -0.39 is 17.2 Å². The van der Waals surface area contributed by atoms with Crippen molar-refractivity contribution in [2.24, 2.45) is 0 Å². The summed E-state index contributed by atoms with van der Waals surface area (Å²) in [7, 11) is 2.85. The summed E-state index contributed by atoms with van der Waals surface area (Å²) in [4.78, 5) is 10.9. The van der Waals surface area contributed by atoms with Gasteiger partial charge >= 0.3 is 5.97 Å². The fraction of sp³-hybridized carbons (Fsp3) is 0.462. The molecule has 0 radical (unpaired) electrons. The fourth-order valence-electron chi connectivity index (χ4n) is 1.91. The van der Waals surface area contributed by atoms with Gasteiger partial charge in [-0.3, -0.25) is 4.79 Å². The van der Waals surface area contributed by atoms with Gasteiger partial charge in [0.05, 0.1) is 20.6 Å². The number of methoxy groups -OCH3 is 2. The van der Waals surface area contributed by atoms with Crippen LogP contribution in [-0.2, 0) is 10.2 Å². The summed E-state index contributed by atoms with van der Waals surface area (Å²) in [5, 5.41) is 8.90. The number of carboxylic acid groups (broad SMARTS) is 1. The molecule has 0 fully saturated rings. The minimum Gasteiger partial charge on any atom is -0.493 e. The van der Waals surface area contributed by atoms with E-state index in [1.807, 2.05) is 0 Å². The van der Waals surface area contributed by atoms with Crippen LogP contribution in [0.1, 0.15) is 25.8 Å². The Kier molecular flexibility index (Phi) is 4.16. The summed E-state index contributed by atoms with van der Waals surface area (Å²) in [6.07, 6.45) is -0.129. The maximum absolute atomic E-state index is 13.5. The summed E-state index contributed by atoms with van der Waals surface area (Å²) in [5.74, 6) is -0.817. The Hall–Kier alpha value is -1.78. The highest BCUT2D eigenvalue weighted by Gasteiger charge is 2.30. The molecule has 5 heteroatoms. The van der Waals surface area contributed by atoms with E-state index in [0.717, 1.165) is 0 Å². The first-order valence-electron chi connectivity index (χ1n) is 5.45. The third-order valence-corrected chi connectivity index (χ3v) is 2.77. The van der Waals surface area contributed by atoms with Crippen LogP contribution in [0, 0.1) is 5.82 Å². The quantitative estimate of drug-likeness (QED) is 0.879. The lowest BCUT2D eigenvalue weighted by Gasteiger charge is -2.26. The van der Waals surface area contributed by atoms with E-state index >= 15 is 0 Å². The number of carbonyl (C=O) groups is 1. The Bertz CT molecular complexity index is 455. The molecule has 0 saturated heterocycles. The highest BCUT2D eigenvalue weighted by atomic mass is 19.1. The highest BCUT2D eigenvalue weighted by molar-refractivity contribution is 5.69. The molecule has 18 heavy (non-hydrogen) atoms. The maximum Gasteiger partial charge on any atom is 0.304 e. The first kappa shape index (κ1) is 14.3. The number of hydrogen-bond acceptors (Lipinski definition) is 3. The van der Waals surface area contributed by atoms with Gasteiger partial charge in [0.25, 0.3) is 0 Å². The Morgan fingerprint density at radius 1 is 1.33 bits per heavy atom. The SMILES string of the molecule is COc1cc(F)cc(C(C)(C)CC(=O)O)c1OC. The molecule has 1 N–H and O–H groups in total. The summed E-state index contributed by atoms with van der Waals surface area (Å²) < 4.78 is 23.8. The molecule has 0 aromatic heterocycles. The van der Waals surface area contributed by atoms with Crippen molar-refractivity contribution < 1.29 is 23.8 Å². The predicted molar refractivity (Wildman–Crippen MR) is 64.8 cm³/mol. The molecule has 0 aliphatic heterocycles. The second kappa shape index (κ2) is 5.25. The van der Waals surface area contributed by atoms with Gasteiger partial charge in [0.2, 0.25) is 0 Å². The van der Waals surface area contributed by atoms with E-state index in [0.29, 0.717) is 11.3 Å². The number of hydrogen-bond donors (Lipinski definition) is 1. The normalized spacial score (nSPS) is 11.2. The minimum atomic E-state index is -0.953. The summed E-state index contributed by atoms with van der Waals surface area (Å²) in [6, 6.07) is 2.49. The smallest absolute Gasteiger partial charge is 0.304 e. The standard InChI is InChI=1S/C13H17FO4/c1-13(2,7-11(15)16)9-5-8(14)6-10(17-3)12(9)18-4/h5-6H,7H2,1-4H3,(H,15,16). The largest absolute Gasteiger partial charge is 0.493 e. The van der Waals surface area contributed by atoms with Crippen molar-refractivity contribution in [1.82, 2.24) is 0 Å². The Morgan fingerprint density at radius 2 is 1.94 bits per heavy atom. The van der Waals surface area contributed by atoms with Crippen molar-refractivity contribution >= 4 is 5.97 Å². The number of carboxylic acids is 1. The molecule has 0 aliphatic carbocycles. The number of ether oxygens (including phenoxy) is 2.